The number of fused-ring (bicyclic) bond motifs is 1. The Morgan fingerprint density at radius 3 is 2.63 bits per heavy atom. The van der Waals surface area contributed by atoms with Crippen molar-refractivity contribution in [3.8, 4) is 5.75 Å². The summed E-state index contributed by atoms with van der Waals surface area (Å²) in [5, 5.41) is 31.3. The number of aromatic nitrogens is 4. The summed E-state index contributed by atoms with van der Waals surface area (Å²) in [5.41, 5.74) is 6.58. The highest BCUT2D eigenvalue weighted by Gasteiger charge is 2.59. The number of nitrogens with two attached hydrogens (primary N) is 1. The van der Waals surface area contributed by atoms with E-state index >= 15 is 0 Å². The maximum Gasteiger partial charge on any atom is 0.352 e. The number of imide groups is 1. The fraction of sp³-hybridized carbons (Fsp3) is 0.240. The highest BCUT2D eigenvalue weighted by Crippen LogP contribution is 2.44. The lowest BCUT2D eigenvalue weighted by molar-refractivity contribution is -0.157. The zero-order chi connectivity index (χ0) is 29.4. The zero-order valence-corrected chi connectivity index (χ0v) is 23.6. The lowest BCUT2D eigenvalue weighted by Gasteiger charge is -2.52. The van der Waals surface area contributed by atoms with Crippen LogP contribution in [0.3, 0.4) is 0 Å². The summed E-state index contributed by atoms with van der Waals surface area (Å²) < 4.78 is 1.44. The standard InChI is InChI=1S/C25H22ClN7O6S2/c1-31-25(28-29-30-31)41-11-13-10-40-23-19(22(37)33(23)18(13)24(38)39)32(20(35)15-9-14(26)7-8-16(15)34)21(36)17(27)12-5-3-2-4-6-12/h2-9,17,19,23,34H,10-11,27H2,1H3,(H,38,39)/t17-,19?,23-/m1/s1. The van der Waals surface area contributed by atoms with Gasteiger partial charge in [0.2, 0.25) is 5.16 Å². The molecular weight excluding hydrogens is 594 g/mol. The SMILES string of the molecule is Cn1nnnc1SCC1=C(C(=O)O)N2C(=O)C(N(C(=O)c3cc(Cl)ccc3O)C(=O)[C@H](N)c3ccccc3)[C@H]2SC1. The van der Waals surface area contributed by atoms with E-state index in [1.165, 1.54) is 46.4 Å². The molecule has 1 unspecified atom stereocenters. The predicted octanol–water partition coefficient (Wildman–Crippen LogP) is 1.65. The molecule has 0 spiro atoms. The number of hydrogen-bond acceptors (Lipinski definition) is 11. The molecule has 1 saturated heterocycles. The average Bonchev–Trinajstić information content (AvgIpc) is 3.38. The number of aryl methyl sites for hydroxylation is 1. The number of tetrazole rings is 1. The Bertz CT molecular complexity index is 1580. The molecule has 13 nitrogen and oxygen atoms in total. The van der Waals surface area contributed by atoms with Crippen molar-refractivity contribution in [1.82, 2.24) is 30.0 Å². The molecule has 212 valence electrons. The van der Waals surface area contributed by atoms with Crippen LogP contribution in [-0.4, -0.2) is 86.8 Å². The number of β-lactam (4-membered cyclic amide) rings is 1. The van der Waals surface area contributed by atoms with Crippen LogP contribution in [0.15, 0.2) is 65.0 Å². The summed E-state index contributed by atoms with van der Waals surface area (Å²) >= 11 is 8.47. The lowest BCUT2D eigenvalue weighted by atomic mass is 9.97. The van der Waals surface area contributed by atoms with Gasteiger partial charge in [0.15, 0.2) is 0 Å². The molecule has 1 aromatic heterocycles. The number of carboxylic acids is 1. The van der Waals surface area contributed by atoms with Gasteiger partial charge in [-0.3, -0.25) is 24.2 Å². The molecule has 2 aliphatic heterocycles. The summed E-state index contributed by atoms with van der Waals surface area (Å²) in [7, 11) is 1.64. The fourth-order valence-electron chi connectivity index (χ4n) is 4.50. The van der Waals surface area contributed by atoms with Gasteiger partial charge in [-0.25, -0.2) is 9.48 Å². The number of amides is 3. The quantitative estimate of drug-likeness (QED) is 0.246. The normalized spacial score (nSPS) is 18.9. The monoisotopic (exact) mass is 615 g/mol. The van der Waals surface area contributed by atoms with Gasteiger partial charge in [0.25, 0.3) is 17.7 Å². The molecule has 1 fully saturated rings. The summed E-state index contributed by atoms with van der Waals surface area (Å²) in [5.74, 6) is -4.03. The predicted molar refractivity (Wildman–Crippen MR) is 149 cm³/mol. The Hall–Kier alpha value is -3.92. The number of phenolic OH excluding ortho intramolecular Hbond substituents is 1. The summed E-state index contributed by atoms with van der Waals surface area (Å²) in [6, 6.07) is 9.33. The van der Waals surface area contributed by atoms with Gasteiger partial charge in [-0.2, -0.15) is 0 Å². The van der Waals surface area contributed by atoms with Crippen LogP contribution in [0, 0.1) is 0 Å². The maximum atomic E-state index is 13.8. The number of halogens is 1. The van der Waals surface area contributed by atoms with Gasteiger partial charge in [0.1, 0.15) is 28.9 Å². The molecule has 2 aromatic carbocycles. The lowest BCUT2D eigenvalue weighted by Crippen LogP contribution is -2.72. The van der Waals surface area contributed by atoms with Gasteiger partial charge in [0.05, 0.1) is 5.56 Å². The number of rotatable bonds is 8. The van der Waals surface area contributed by atoms with E-state index in [4.69, 9.17) is 17.3 Å². The Kier molecular flexibility index (Phi) is 8.04. The third kappa shape index (κ3) is 5.28. The second-order valence-corrected chi connectivity index (χ2v) is 11.5. The van der Waals surface area contributed by atoms with Crippen LogP contribution in [0.4, 0.5) is 0 Å². The van der Waals surface area contributed by atoms with Crippen molar-refractivity contribution < 1.29 is 29.4 Å². The highest BCUT2D eigenvalue weighted by atomic mass is 35.5. The summed E-state index contributed by atoms with van der Waals surface area (Å²) in [6.45, 7) is 0. The first-order valence-electron chi connectivity index (χ1n) is 12.0. The van der Waals surface area contributed by atoms with Crippen molar-refractivity contribution >= 4 is 58.8 Å². The molecule has 16 heteroatoms. The van der Waals surface area contributed by atoms with Gasteiger partial charge in [-0.15, -0.1) is 16.9 Å². The van der Waals surface area contributed by atoms with Crippen LogP contribution in [0.25, 0.3) is 0 Å². The highest BCUT2D eigenvalue weighted by molar-refractivity contribution is 8.01. The summed E-state index contributed by atoms with van der Waals surface area (Å²) in [4.78, 5) is 55.3. The first-order chi connectivity index (χ1) is 19.6. The second-order valence-electron chi connectivity index (χ2n) is 9.05. The van der Waals surface area contributed by atoms with Gasteiger partial charge in [-0.1, -0.05) is 53.7 Å². The van der Waals surface area contributed by atoms with Crippen LogP contribution in [0.2, 0.25) is 5.02 Å². The molecule has 3 amide bonds. The first-order valence-corrected chi connectivity index (χ1v) is 14.4. The van der Waals surface area contributed by atoms with E-state index < -0.39 is 46.9 Å². The zero-order valence-electron chi connectivity index (χ0n) is 21.2. The topological polar surface area (TPSA) is 185 Å². The molecule has 3 atom stereocenters. The minimum Gasteiger partial charge on any atom is -0.507 e. The van der Waals surface area contributed by atoms with Crippen LogP contribution < -0.4 is 5.73 Å². The second kappa shape index (κ2) is 11.5. The smallest absolute Gasteiger partial charge is 0.352 e. The van der Waals surface area contributed by atoms with Gasteiger partial charge in [0, 0.05) is 23.6 Å². The number of nitrogens with zero attached hydrogens (tertiary/aromatic N) is 6. The molecule has 0 saturated carbocycles. The molecule has 3 heterocycles. The molecule has 3 aromatic rings. The molecule has 5 rings (SSSR count). The van der Waals surface area contributed by atoms with Crippen molar-refractivity contribution in [2.75, 3.05) is 11.5 Å². The third-order valence-corrected chi connectivity index (χ3v) is 9.18. The Labute approximate surface area is 246 Å². The number of aromatic hydroxyl groups is 1. The number of thioether (sulfide) groups is 2. The number of carboxylic acid groups (broad SMARTS) is 1. The maximum absolute atomic E-state index is 13.8. The van der Waals surface area contributed by atoms with E-state index in [1.807, 2.05) is 0 Å². The minimum atomic E-state index is -1.38. The van der Waals surface area contributed by atoms with Gasteiger partial charge < -0.3 is 15.9 Å². The Balaban J connectivity index is 1.50. The molecule has 0 bridgehead atoms. The van der Waals surface area contributed by atoms with Crippen LogP contribution in [0.5, 0.6) is 5.75 Å². The summed E-state index contributed by atoms with van der Waals surface area (Å²) in [6.07, 6.45) is 0. The number of carbonyl (C=O) groups excluding carboxylic acids is 3. The average molecular weight is 616 g/mol. The van der Waals surface area contributed by atoms with Crippen LogP contribution in [-0.2, 0) is 21.4 Å². The molecule has 41 heavy (non-hydrogen) atoms. The van der Waals surface area contributed by atoms with Crippen molar-refractivity contribution in [3.05, 3.63) is 76.0 Å². The fourth-order valence-corrected chi connectivity index (χ4v) is 7.05. The first kappa shape index (κ1) is 28.6. The van der Waals surface area contributed by atoms with E-state index in [0.29, 0.717) is 21.2 Å². The van der Waals surface area contributed by atoms with Crippen molar-refractivity contribution in [2.24, 2.45) is 12.8 Å². The number of benzene rings is 2. The van der Waals surface area contributed by atoms with Crippen molar-refractivity contribution in [1.29, 1.82) is 0 Å². The van der Waals surface area contributed by atoms with E-state index in [9.17, 15) is 29.4 Å². The molecular formula is C25H22ClN7O6S2. The number of aliphatic carboxylic acids is 1. The van der Waals surface area contributed by atoms with E-state index in [0.717, 1.165) is 4.90 Å². The molecule has 0 radical (unpaired) electrons. The number of phenols is 1. The minimum absolute atomic E-state index is 0.121. The van der Waals surface area contributed by atoms with Crippen LogP contribution >= 0.6 is 35.1 Å². The number of carbonyl (C=O) groups is 4. The third-order valence-electron chi connectivity index (χ3n) is 6.53. The molecule has 4 N–H and O–H groups in total. The Morgan fingerprint density at radius 1 is 1.24 bits per heavy atom. The number of hydrogen-bond donors (Lipinski definition) is 3. The van der Waals surface area contributed by atoms with E-state index in [2.05, 4.69) is 15.5 Å². The van der Waals surface area contributed by atoms with Crippen LogP contribution in [0.1, 0.15) is 22.0 Å². The Morgan fingerprint density at radius 2 is 1.98 bits per heavy atom. The van der Waals surface area contributed by atoms with Crippen molar-refractivity contribution in [3.63, 3.8) is 0 Å². The van der Waals surface area contributed by atoms with Gasteiger partial charge in [-0.05, 0) is 39.8 Å². The largest absolute Gasteiger partial charge is 0.507 e. The van der Waals surface area contributed by atoms with Crippen molar-refractivity contribution in [2.45, 2.75) is 22.6 Å². The molecule has 0 aliphatic carbocycles. The van der Waals surface area contributed by atoms with E-state index in [-0.39, 0.29) is 27.8 Å². The van der Waals surface area contributed by atoms with E-state index in [1.54, 1.807) is 37.4 Å². The van der Waals surface area contributed by atoms with Gasteiger partial charge >= 0.3 is 5.97 Å². The molecule has 2 aliphatic rings.